The van der Waals surface area contributed by atoms with E-state index in [2.05, 4.69) is 10.7 Å². The van der Waals surface area contributed by atoms with Crippen LogP contribution in [0.3, 0.4) is 0 Å². The normalized spacial score (nSPS) is 15.8. The van der Waals surface area contributed by atoms with Gasteiger partial charge in [-0.05, 0) is 36.8 Å². The maximum absolute atomic E-state index is 12.9. The van der Waals surface area contributed by atoms with Gasteiger partial charge in [-0.3, -0.25) is 4.79 Å². The lowest BCUT2D eigenvalue weighted by molar-refractivity contribution is 0.0506. The van der Waals surface area contributed by atoms with Crippen LogP contribution in [0.1, 0.15) is 29.0 Å². The molecule has 0 spiro atoms. The molecule has 1 aliphatic heterocycles. The Balaban J connectivity index is 1.96. The third-order valence-electron chi connectivity index (χ3n) is 3.85. The summed E-state index contributed by atoms with van der Waals surface area (Å²) < 4.78 is 10.1. The first-order valence-electron chi connectivity index (χ1n) is 7.90. The van der Waals surface area contributed by atoms with E-state index >= 15 is 0 Å². The minimum absolute atomic E-state index is 0.213. The highest BCUT2D eigenvalue weighted by Gasteiger charge is 2.34. The zero-order chi connectivity index (χ0) is 17.8. The SMILES string of the molecule is CCOC(=O)NN1C(=O)c2ccccc2N[C@@H]1c1ccc(OC)cc1. The molecule has 0 aliphatic carbocycles. The Kier molecular flexibility index (Phi) is 4.74. The van der Waals surface area contributed by atoms with Crippen molar-refractivity contribution in [2.75, 3.05) is 19.0 Å². The van der Waals surface area contributed by atoms with Gasteiger partial charge >= 0.3 is 6.09 Å². The number of nitrogens with one attached hydrogen (secondary N) is 2. The van der Waals surface area contributed by atoms with Crippen molar-refractivity contribution in [3.05, 3.63) is 59.7 Å². The Morgan fingerprint density at radius 3 is 2.60 bits per heavy atom. The first-order chi connectivity index (χ1) is 12.1. The zero-order valence-electron chi connectivity index (χ0n) is 14.0. The number of carbonyl (C=O) groups is 2. The quantitative estimate of drug-likeness (QED) is 0.894. The summed E-state index contributed by atoms with van der Waals surface area (Å²) >= 11 is 0. The van der Waals surface area contributed by atoms with Crippen molar-refractivity contribution in [1.29, 1.82) is 0 Å². The molecule has 130 valence electrons. The number of anilines is 1. The first kappa shape index (κ1) is 16.6. The highest BCUT2D eigenvalue weighted by molar-refractivity contribution is 6.02. The van der Waals surface area contributed by atoms with Gasteiger partial charge in [0.15, 0.2) is 0 Å². The Hall–Kier alpha value is -3.22. The molecule has 1 aliphatic rings. The van der Waals surface area contributed by atoms with E-state index in [0.29, 0.717) is 17.0 Å². The molecule has 0 bridgehead atoms. The number of amides is 2. The molecule has 25 heavy (non-hydrogen) atoms. The van der Waals surface area contributed by atoms with E-state index in [1.54, 1.807) is 38.3 Å². The monoisotopic (exact) mass is 341 g/mol. The van der Waals surface area contributed by atoms with Crippen LogP contribution in [0.2, 0.25) is 0 Å². The molecule has 1 atom stereocenters. The number of hydrogen-bond donors (Lipinski definition) is 2. The van der Waals surface area contributed by atoms with Gasteiger partial charge in [0.05, 0.1) is 19.3 Å². The van der Waals surface area contributed by atoms with Gasteiger partial charge in [0.1, 0.15) is 11.9 Å². The molecular formula is C18H19N3O4. The van der Waals surface area contributed by atoms with Gasteiger partial charge in [0.25, 0.3) is 5.91 Å². The van der Waals surface area contributed by atoms with Crippen LogP contribution in [0.5, 0.6) is 5.75 Å². The van der Waals surface area contributed by atoms with Crippen molar-refractivity contribution >= 4 is 17.7 Å². The molecule has 2 N–H and O–H groups in total. The van der Waals surface area contributed by atoms with Crippen LogP contribution in [-0.4, -0.2) is 30.7 Å². The summed E-state index contributed by atoms with van der Waals surface area (Å²) in [5.74, 6) is 0.388. The van der Waals surface area contributed by atoms with Crippen molar-refractivity contribution in [1.82, 2.24) is 10.4 Å². The molecule has 2 aromatic rings. The van der Waals surface area contributed by atoms with E-state index in [1.165, 1.54) is 5.01 Å². The average molecular weight is 341 g/mol. The summed E-state index contributed by atoms with van der Waals surface area (Å²) in [5.41, 5.74) is 4.49. The number of rotatable bonds is 4. The fraction of sp³-hybridized carbons (Fsp3) is 0.222. The van der Waals surface area contributed by atoms with Crippen molar-refractivity contribution in [3.63, 3.8) is 0 Å². The topological polar surface area (TPSA) is 79.9 Å². The highest BCUT2D eigenvalue weighted by atomic mass is 16.6. The summed E-state index contributed by atoms with van der Waals surface area (Å²) in [4.78, 5) is 24.7. The van der Waals surface area contributed by atoms with E-state index in [4.69, 9.17) is 9.47 Å². The number of hydrazine groups is 1. The van der Waals surface area contributed by atoms with Crippen LogP contribution in [-0.2, 0) is 4.74 Å². The van der Waals surface area contributed by atoms with Crippen LogP contribution < -0.4 is 15.5 Å². The van der Waals surface area contributed by atoms with E-state index < -0.39 is 12.3 Å². The zero-order valence-corrected chi connectivity index (χ0v) is 14.0. The number of ether oxygens (including phenoxy) is 2. The first-order valence-corrected chi connectivity index (χ1v) is 7.90. The molecule has 0 unspecified atom stereocenters. The highest BCUT2D eigenvalue weighted by Crippen LogP contribution is 2.32. The van der Waals surface area contributed by atoms with Gasteiger partial charge < -0.3 is 14.8 Å². The minimum Gasteiger partial charge on any atom is -0.497 e. The van der Waals surface area contributed by atoms with E-state index in [-0.39, 0.29) is 12.5 Å². The van der Waals surface area contributed by atoms with Gasteiger partial charge in [-0.25, -0.2) is 15.2 Å². The van der Waals surface area contributed by atoms with Gasteiger partial charge in [-0.1, -0.05) is 24.3 Å². The lowest BCUT2D eigenvalue weighted by atomic mass is 10.0. The van der Waals surface area contributed by atoms with E-state index in [9.17, 15) is 9.59 Å². The van der Waals surface area contributed by atoms with Gasteiger partial charge in [-0.2, -0.15) is 0 Å². The molecule has 0 aromatic heterocycles. The second kappa shape index (κ2) is 7.12. The Morgan fingerprint density at radius 1 is 1.20 bits per heavy atom. The number of para-hydroxylation sites is 1. The van der Waals surface area contributed by atoms with Crippen LogP contribution in [0.25, 0.3) is 0 Å². The number of carbonyl (C=O) groups excluding carboxylic acids is 2. The fourth-order valence-corrected chi connectivity index (χ4v) is 2.65. The molecule has 0 radical (unpaired) electrons. The van der Waals surface area contributed by atoms with Crippen LogP contribution in [0, 0.1) is 0 Å². The number of methoxy groups -OCH3 is 1. The molecule has 0 fully saturated rings. The summed E-state index contributed by atoms with van der Waals surface area (Å²) in [7, 11) is 1.59. The molecule has 7 heteroatoms. The second-order valence-corrected chi connectivity index (χ2v) is 5.37. The second-order valence-electron chi connectivity index (χ2n) is 5.37. The molecular weight excluding hydrogens is 322 g/mol. The number of hydrogen-bond acceptors (Lipinski definition) is 5. The Morgan fingerprint density at radius 2 is 1.92 bits per heavy atom. The number of nitrogens with zero attached hydrogens (tertiary/aromatic N) is 1. The molecule has 0 saturated heterocycles. The molecule has 7 nitrogen and oxygen atoms in total. The lowest BCUT2D eigenvalue weighted by Crippen LogP contribution is -2.53. The Bertz CT molecular complexity index is 776. The summed E-state index contributed by atoms with van der Waals surface area (Å²) in [6.45, 7) is 1.91. The fourth-order valence-electron chi connectivity index (χ4n) is 2.65. The van der Waals surface area contributed by atoms with E-state index in [0.717, 1.165) is 5.56 Å². The summed E-state index contributed by atoms with van der Waals surface area (Å²) in [6.07, 6.45) is -1.26. The average Bonchev–Trinajstić information content (AvgIpc) is 2.64. The van der Waals surface area contributed by atoms with Crippen LogP contribution in [0.4, 0.5) is 10.5 Å². The van der Waals surface area contributed by atoms with Crippen molar-refractivity contribution in [2.24, 2.45) is 0 Å². The van der Waals surface area contributed by atoms with Gasteiger partial charge in [-0.15, -0.1) is 0 Å². The van der Waals surface area contributed by atoms with Crippen molar-refractivity contribution in [2.45, 2.75) is 13.1 Å². The predicted octanol–water partition coefficient (Wildman–Crippen LogP) is 2.92. The standard InChI is InChI=1S/C18H19N3O4/c1-3-25-18(23)20-21-16(12-8-10-13(24-2)11-9-12)19-15-7-5-4-6-14(15)17(21)22/h4-11,16,19H,3H2,1-2H3,(H,20,23)/t16-/m0/s1. The minimum atomic E-state index is -0.685. The summed E-state index contributed by atoms with van der Waals surface area (Å²) in [6, 6.07) is 14.4. The largest absolute Gasteiger partial charge is 0.497 e. The van der Waals surface area contributed by atoms with Gasteiger partial charge in [0, 0.05) is 5.69 Å². The van der Waals surface area contributed by atoms with E-state index in [1.807, 2.05) is 24.3 Å². The molecule has 3 rings (SSSR count). The van der Waals surface area contributed by atoms with Crippen LogP contribution >= 0.6 is 0 Å². The van der Waals surface area contributed by atoms with Crippen LogP contribution in [0.15, 0.2) is 48.5 Å². The summed E-state index contributed by atoms with van der Waals surface area (Å²) in [5, 5.41) is 4.51. The maximum atomic E-state index is 12.9. The number of fused-ring (bicyclic) bond motifs is 1. The lowest BCUT2D eigenvalue weighted by Gasteiger charge is -2.37. The van der Waals surface area contributed by atoms with Gasteiger partial charge in [0.2, 0.25) is 0 Å². The number of benzene rings is 2. The Labute approximate surface area is 145 Å². The van der Waals surface area contributed by atoms with Crippen molar-refractivity contribution < 1.29 is 19.1 Å². The molecule has 2 aromatic carbocycles. The van der Waals surface area contributed by atoms with Crippen molar-refractivity contribution in [3.8, 4) is 5.75 Å². The molecule has 0 saturated carbocycles. The predicted molar refractivity (Wildman–Crippen MR) is 92.1 cm³/mol. The third-order valence-corrected chi connectivity index (χ3v) is 3.85. The smallest absolute Gasteiger partial charge is 0.426 e. The third kappa shape index (κ3) is 3.35. The maximum Gasteiger partial charge on any atom is 0.426 e. The molecule has 1 heterocycles. The molecule has 2 amide bonds.